The fourth-order valence-corrected chi connectivity index (χ4v) is 1.70. The highest BCUT2D eigenvalue weighted by atomic mass is 19.3. The van der Waals surface area contributed by atoms with Crippen LogP contribution in [0.1, 0.15) is 11.4 Å². The third kappa shape index (κ3) is 3.91. The zero-order valence-electron chi connectivity index (χ0n) is 10.4. The molecule has 0 saturated heterocycles. The summed E-state index contributed by atoms with van der Waals surface area (Å²) in [5, 5.41) is 3.04. The van der Waals surface area contributed by atoms with Gasteiger partial charge in [0.25, 0.3) is 0 Å². The van der Waals surface area contributed by atoms with Gasteiger partial charge in [0.2, 0.25) is 0 Å². The lowest BCUT2D eigenvalue weighted by atomic mass is 10.2. The van der Waals surface area contributed by atoms with Crippen LogP contribution < -0.4 is 10.1 Å². The van der Waals surface area contributed by atoms with Crippen molar-refractivity contribution in [2.24, 2.45) is 0 Å². The van der Waals surface area contributed by atoms with E-state index in [9.17, 15) is 8.78 Å². The Morgan fingerprint density at radius 2 is 1.95 bits per heavy atom. The van der Waals surface area contributed by atoms with E-state index in [2.05, 4.69) is 15.0 Å². The normalized spacial score (nSPS) is 10.5. The number of aromatic nitrogens is 1. The molecular formula is C14H14F2N2O. The molecule has 19 heavy (non-hydrogen) atoms. The molecule has 0 bridgehead atoms. The molecule has 100 valence electrons. The molecule has 0 radical (unpaired) electrons. The molecule has 2 rings (SSSR count). The first-order chi connectivity index (χ1) is 9.15. The Bertz CT molecular complexity index is 546. The van der Waals surface area contributed by atoms with Crippen LogP contribution in [0, 0.1) is 6.92 Å². The maximum absolute atomic E-state index is 12.3. The molecule has 2 aromatic rings. The minimum Gasteiger partial charge on any atom is -0.433 e. The number of ether oxygens (including phenoxy) is 1. The van der Waals surface area contributed by atoms with Crippen molar-refractivity contribution in [3.8, 4) is 5.75 Å². The van der Waals surface area contributed by atoms with Crippen molar-refractivity contribution < 1.29 is 13.5 Å². The maximum atomic E-state index is 12.3. The van der Waals surface area contributed by atoms with E-state index < -0.39 is 6.61 Å². The zero-order valence-corrected chi connectivity index (χ0v) is 10.4. The van der Waals surface area contributed by atoms with Crippen LogP contribution in [0.15, 0.2) is 42.5 Å². The Morgan fingerprint density at radius 1 is 1.16 bits per heavy atom. The number of nitrogens with zero attached hydrogens (tertiary/aromatic N) is 1. The van der Waals surface area contributed by atoms with Crippen LogP contribution in [0.25, 0.3) is 0 Å². The summed E-state index contributed by atoms with van der Waals surface area (Å²) < 4.78 is 28.9. The molecule has 0 saturated carbocycles. The summed E-state index contributed by atoms with van der Waals surface area (Å²) >= 11 is 0. The van der Waals surface area contributed by atoms with Crippen LogP contribution in [0.3, 0.4) is 0 Å². The van der Waals surface area contributed by atoms with Gasteiger partial charge in [-0.05, 0) is 31.2 Å². The summed E-state index contributed by atoms with van der Waals surface area (Å²) in [7, 11) is 0. The van der Waals surface area contributed by atoms with Gasteiger partial charge in [0.1, 0.15) is 5.75 Å². The van der Waals surface area contributed by atoms with E-state index in [-0.39, 0.29) is 5.75 Å². The van der Waals surface area contributed by atoms with E-state index in [0.717, 1.165) is 11.4 Å². The van der Waals surface area contributed by atoms with Crippen molar-refractivity contribution in [1.82, 2.24) is 4.98 Å². The third-order valence-electron chi connectivity index (χ3n) is 2.51. The van der Waals surface area contributed by atoms with E-state index in [0.29, 0.717) is 12.2 Å². The summed E-state index contributed by atoms with van der Waals surface area (Å²) in [6, 6.07) is 12.3. The van der Waals surface area contributed by atoms with Crippen LogP contribution >= 0.6 is 0 Å². The van der Waals surface area contributed by atoms with E-state index in [4.69, 9.17) is 0 Å². The molecule has 0 fully saturated rings. The number of benzene rings is 1. The largest absolute Gasteiger partial charge is 0.433 e. The minimum absolute atomic E-state index is 0.130. The van der Waals surface area contributed by atoms with Gasteiger partial charge >= 0.3 is 6.61 Å². The Hall–Kier alpha value is -2.17. The molecule has 5 heteroatoms. The number of nitrogens with one attached hydrogen (secondary N) is 1. The van der Waals surface area contributed by atoms with Gasteiger partial charge in [-0.15, -0.1) is 0 Å². The molecule has 0 amide bonds. The topological polar surface area (TPSA) is 34.1 Å². The van der Waals surface area contributed by atoms with Crippen LogP contribution in [0.5, 0.6) is 5.75 Å². The molecule has 0 spiro atoms. The molecule has 1 heterocycles. The number of halogens is 2. The Labute approximate surface area is 110 Å². The molecule has 3 nitrogen and oxygen atoms in total. The average molecular weight is 264 g/mol. The van der Waals surface area contributed by atoms with Crippen LogP contribution in [0.2, 0.25) is 0 Å². The highest BCUT2D eigenvalue weighted by molar-refractivity contribution is 5.56. The maximum Gasteiger partial charge on any atom is 0.387 e. The number of hydrogen-bond donors (Lipinski definition) is 1. The predicted molar refractivity (Wildman–Crippen MR) is 69.4 cm³/mol. The van der Waals surface area contributed by atoms with Crippen molar-refractivity contribution in [3.63, 3.8) is 0 Å². The van der Waals surface area contributed by atoms with Gasteiger partial charge in [-0.2, -0.15) is 8.78 Å². The van der Waals surface area contributed by atoms with Crippen molar-refractivity contribution in [3.05, 3.63) is 53.9 Å². The Morgan fingerprint density at radius 3 is 2.68 bits per heavy atom. The van der Waals surface area contributed by atoms with Gasteiger partial charge in [0.15, 0.2) is 0 Å². The molecule has 1 aromatic carbocycles. The number of alkyl halides is 2. The van der Waals surface area contributed by atoms with Crippen molar-refractivity contribution in [2.75, 3.05) is 5.32 Å². The molecule has 0 unspecified atom stereocenters. The van der Waals surface area contributed by atoms with E-state index in [1.54, 1.807) is 18.2 Å². The highest BCUT2D eigenvalue weighted by Gasteiger charge is 2.08. The fraction of sp³-hybridized carbons (Fsp3) is 0.214. The summed E-state index contributed by atoms with van der Waals surface area (Å²) in [6.45, 7) is -0.483. The van der Waals surface area contributed by atoms with E-state index in [1.165, 1.54) is 6.07 Å². The molecular weight excluding hydrogens is 250 g/mol. The summed E-state index contributed by atoms with van der Waals surface area (Å²) in [4.78, 5) is 4.33. The van der Waals surface area contributed by atoms with Crippen LogP contribution in [-0.4, -0.2) is 11.6 Å². The van der Waals surface area contributed by atoms with Crippen molar-refractivity contribution >= 4 is 5.69 Å². The number of rotatable bonds is 5. The smallest absolute Gasteiger partial charge is 0.387 e. The molecule has 0 aliphatic heterocycles. The predicted octanol–water partition coefficient (Wildman–Crippen LogP) is 3.60. The fourth-order valence-electron chi connectivity index (χ4n) is 1.70. The lowest BCUT2D eigenvalue weighted by Gasteiger charge is -2.12. The van der Waals surface area contributed by atoms with Gasteiger partial charge in [0.05, 0.1) is 17.9 Å². The van der Waals surface area contributed by atoms with Crippen LogP contribution in [0.4, 0.5) is 14.5 Å². The second-order valence-electron chi connectivity index (χ2n) is 4.00. The summed E-state index contributed by atoms with van der Waals surface area (Å²) in [5.74, 6) is 0.130. The minimum atomic E-state index is -2.83. The lowest BCUT2D eigenvalue weighted by molar-refractivity contribution is -0.0493. The van der Waals surface area contributed by atoms with Gasteiger partial charge in [-0.3, -0.25) is 4.98 Å². The second kappa shape index (κ2) is 6.13. The number of hydrogen-bond acceptors (Lipinski definition) is 3. The number of aryl methyl sites for hydroxylation is 1. The van der Waals surface area contributed by atoms with Gasteiger partial charge in [-0.25, -0.2) is 0 Å². The molecule has 0 aliphatic rings. The van der Waals surface area contributed by atoms with Crippen molar-refractivity contribution in [1.29, 1.82) is 0 Å². The van der Waals surface area contributed by atoms with Gasteiger partial charge < -0.3 is 10.1 Å². The first-order valence-corrected chi connectivity index (χ1v) is 5.85. The summed E-state index contributed by atoms with van der Waals surface area (Å²) in [5.41, 5.74) is 2.27. The van der Waals surface area contributed by atoms with E-state index >= 15 is 0 Å². The monoisotopic (exact) mass is 264 g/mol. The highest BCUT2D eigenvalue weighted by Crippen LogP contribution is 2.25. The molecule has 0 aliphatic carbocycles. The lowest BCUT2D eigenvalue weighted by Crippen LogP contribution is -2.07. The standard InChI is InChI=1S/C14H14F2N2O/c1-10-5-4-6-11(18-10)9-17-12-7-2-3-8-13(12)19-14(15)16/h2-8,14,17H,9H2,1H3. The average Bonchev–Trinajstić information content (AvgIpc) is 2.37. The first-order valence-electron chi connectivity index (χ1n) is 5.85. The van der Waals surface area contributed by atoms with Gasteiger partial charge in [0, 0.05) is 5.69 Å². The molecule has 0 atom stereocenters. The van der Waals surface area contributed by atoms with Crippen molar-refractivity contribution in [2.45, 2.75) is 20.1 Å². The second-order valence-corrected chi connectivity index (χ2v) is 4.00. The van der Waals surface area contributed by atoms with Gasteiger partial charge in [-0.1, -0.05) is 18.2 Å². The zero-order chi connectivity index (χ0) is 13.7. The quantitative estimate of drug-likeness (QED) is 0.895. The molecule has 1 N–H and O–H groups in total. The third-order valence-corrected chi connectivity index (χ3v) is 2.51. The first kappa shape index (κ1) is 13.3. The molecule has 1 aromatic heterocycles. The van der Waals surface area contributed by atoms with E-state index in [1.807, 2.05) is 25.1 Å². The Balaban J connectivity index is 2.07. The number of anilines is 1. The SMILES string of the molecule is Cc1cccc(CNc2ccccc2OC(F)F)n1. The number of para-hydroxylation sites is 2. The summed E-state index contributed by atoms with van der Waals surface area (Å²) in [6.07, 6.45) is 0. The van der Waals surface area contributed by atoms with Crippen LogP contribution in [-0.2, 0) is 6.54 Å². The number of pyridine rings is 1. The Kier molecular flexibility index (Phi) is 4.28.